The van der Waals surface area contributed by atoms with Gasteiger partial charge in [-0.05, 0) is 76.5 Å². The van der Waals surface area contributed by atoms with Gasteiger partial charge in [0.15, 0.2) is 0 Å². The Hall–Kier alpha value is -5.20. The maximum absolute atomic E-state index is 9.65. The average molecular weight is 533 g/mol. The molecule has 0 nitrogen and oxygen atoms in total. The first-order chi connectivity index (χ1) is 30.7. The fourth-order valence-corrected chi connectivity index (χ4v) is 4.81. The van der Waals surface area contributed by atoms with Crippen molar-refractivity contribution in [3.8, 4) is 33.4 Å². The standard InChI is InChI=1S/C40H26/c1-2-13-27(14-3-1)30-25-26-38(32-19-7-6-18-31(30)32)40-36-22-10-8-20-34(36)39(35-21-9-11-23-37(35)40)33-24-12-16-28-15-4-5-17-29(28)33/h1-26H/i1D,2D,3D,4D,5D,6D,7D,8D,9D,10D,11D,12D,13D,14D,15D,16D,17D,18D,19D,20D,21D,22D,23D,24D,25D,26D. The van der Waals surface area contributed by atoms with Gasteiger partial charge in [-0.3, -0.25) is 0 Å². The van der Waals surface area contributed by atoms with Crippen LogP contribution in [-0.4, -0.2) is 0 Å². The summed E-state index contributed by atoms with van der Waals surface area (Å²) in [5, 5.41) is -5.69. The molecule has 0 aliphatic carbocycles. The highest BCUT2D eigenvalue weighted by molar-refractivity contribution is 6.25. The zero-order valence-corrected chi connectivity index (χ0v) is 20.0. The quantitative estimate of drug-likeness (QED) is 0.198. The molecule has 0 N–H and O–H groups in total. The maximum Gasteiger partial charge on any atom is 0.0630 e. The van der Waals surface area contributed by atoms with E-state index in [2.05, 4.69) is 0 Å². The molecule has 0 bridgehead atoms. The van der Waals surface area contributed by atoms with Crippen LogP contribution in [0.5, 0.6) is 0 Å². The maximum atomic E-state index is 9.65. The van der Waals surface area contributed by atoms with Gasteiger partial charge in [0.2, 0.25) is 0 Å². The molecule has 8 rings (SSSR count). The van der Waals surface area contributed by atoms with Crippen LogP contribution in [0, 0.1) is 0 Å². The summed E-state index contributed by atoms with van der Waals surface area (Å²) in [5.74, 6) is 0. The minimum absolute atomic E-state index is 0.624. The van der Waals surface area contributed by atoms with E-state index in [1.54, 1.807) is 0 Å². The molecule has 0 unspecified atom stereocenters. The van der Waals surface area contributed by atoms with Gasteiger partial charge in [-0.15, -0.1) is 0 Å². The first-order valence-electron chi connectivity index (χ1n) is 24.8. The second-order valence-electron chi connectivity index (χ2n) is 8.50. The number of fused-ring (bicyclic) bond motifs is 4. The zero-order valence-electron chi connectivity index (χ0n) is 46.0. The molecule has 8 aromatic carbocycles. The molecule has 0 aromatic heterocycles. The molecule has 0 aliphatic heterocycles. The molecule has 186 valence electrons. The number of hydrogen-bond donors (Lipinski definition) is 0. The van der Waals surface area contributed by atoms with E-state index in [4.69, 9.17) is 24.7 Å². The van der Waals surface area contributed by atoms with Crippen LogP contribution in [0.15, 0.2) is 157 Å². The van der Waals surface area contributed by atoms with Gasteiger partial charge in [-0.25, -0.2) is 0 Å². The predicted octanol–water partition coefficient (Wildman–Crippen LogP) is 11.3. The van der Waals surface area contributed by atoms with Crippen LogP contribution in [0.2, 0.25) is 0 Å². The molecule has 0 aliphatic rings. The molecule has 8 aromatic rings. The predicted molar refractivity (Wildman–Crippen MR) is 173 cm³/mol. The molecule has 0 radical (unpaired) electrons. The lowest BCUT2D eigenvalue weighted by Gasteiger charge is -2.20. The highest BCUT2D eigenvalue weighted by atomic mass is 14.2. The Bertz CT molecular complexity index is 3530. The Kier molecular flexibility index (Phi) is 1.99. The van der Waals surface area contributed by atoms with Crippen molar-refractivity contribution in [2.24, 2.45) is 0 Å². The molecule has 40 heavy (non-hydrogen) atoms. The lowest BCUT2D eigenvalue weighted by molar-refractivity contribution is 1.64. The van der Waals surface area contributed by atoms with Crippen molar-refractivity contribution in [3.05, 3.63) is 157 Å². The Morgan fingerprint density at radius 3 is 1.27 bits per heavy atom. The highest BCUT2D eigenvalue weighted by Gasteiger charge is 2.19. The van der Waals surface area contributed by atoms with Crippen molar-refractivity contribution in [1.82, 2.24) is 0 Å². The lowest BCUT2D eigenvalue weighted by atomic mass is 9.83. The fourth-order valence-electron chi connectivity index (χ4n) is 4.81. The van der Waals surface area contributed by atoms with Crippen LogP contribution >= 0.6 is 0 Å². The van der Waals surface area contributed by atoms with Gasteiger partial charge in [0.25, 0.3) is 0 Å². The van der Waals surface area contributed by atoms with Crippen LogP contribution < -0.4 is 0 Å². The summed E-state index contributed by atoms with van der Waals surface area (Å²) in [7, 11) is 0. The smallest absolute Gasteiger partial charge is 0.0622 e. The summed E-state index contributed by atoms with van der Waals surface area (Å²) < 4.78 is 232. The van der Waals surface area contributed by atoms with E-state index in [9.17, 15) is 11.0 Å². The van der Waals surface area contributed by atoms with Crippen LogP contribution in [0.4, 0.5) is 0 Å². The van der Waals surface area contributed by atoms with Crippen LogP contribution in [0.1, 0.15) is 35.6 Å². The Morgan fingerprint density at radius 1 is 0.275 bits per heavy atom. The minimum Gasteiger partial charge on any atom is -0.0622 e. The van der Waals surface area contributed by atoms with Crippen molar-refractivity contribution in [3.63, 3.8) is 0 Å². The zero-order chi connectivity index (χ0) is 49.1. The fraction of sp³-hybridized carbons (Fsp3) is 0. The normalized spacial score (nSPS) is 20.6. The Morgan fingerprint density at radius 2 is 0.675 bits per heavy atom. The summed E-state index contributed by atoms with van der Waals surface area (Å²) in [6.45, 7) is 0. The molecule has 0 atom stereocenters. The third-order valence-electron chi connectivity index (χ3n) is 6.44. The molecular weight excluding hydrogens is 480 g/mol. The molecule has 0 amide bonds. The summed E-state index contributed by atoms with van der Waals surface area (Å²) in [6, 6.07) is -24.8. The molecule has 0 heteroatoms. The number of benzene rings is 8. The van der Waals surface area contributed by atoms with Crippen molar-refractivity contribution in [2.75, 3.05) is 0 Å². The van der Waals surface area contributed by atoms with E-state index in [0.717, 1.165) is 0 Å². The van der Waals surface area contributed by atoms with Crippen LogP contribution in [0.25, 0.3) is 76.5 Å². The SMILES string of the molecule is [2H]c1c([2H])c([2H])c(-c2c([2H])c([2H])c(-c3c4c([2H])c([2H])c([2H])c([2H])c4c(-c4c([2H])c([2H])c([2H])c5c([2H])c([2H])c([2H])c([2H])c45)c4c([2H])c([2H])c([2H])c([2H])c34)c3c([2H])c([2H])c([2H])c([2H])c23)c([2H])c1[2H]. The van der Waals surface area contributed by atoms with Gasteiger partial charge >= 0.3 is 0 Å². The lowest BCUT2D eigenvalue weighted by Crippen LogP contribution is -1.93. The average Bonchev–Trinajstić information content (AvgIpc) is 3.29. The Balaban J connectivity index is 1.82. The van der Waals surface area contributed by atoms with Crippen LogP contribution in [0.3, 0.4) is 0 Å². The van der Waals surface area contributed by atoms with Gasteiger partial charge in [-0.2, -0.15) is 0 Å². The molecule has 0 saturated heterocycles. The summed E-state index contributed by atoms with van der Waals surface area (Å²) in [6.07, 6.45) is 0. The first-order valence-corrected chi connectivity index (χ1v) is 11.8. The second-order valence-corrected chi connectivity index (χ2v) is 8.50. The molecule has 0 saturated carbocycles. The first kappa shape index (κ1) is 8.65. The molecule has 0 fully saturated rings. The minimum atomic E-state index is -1.07. The summed E-state index contributed by atoms with van der Waals surface area (Å²) in [4.78, 5) is 0. The van der Waals surface area contributed by atoms with Crippen LogP contribution in [-0.2, 0) is 0 Å². The number of rotatable bonds is 3. The molecular formula is C40H26. The van der Waals surface area contributed by atoms with Crippen molar-refractivity contribution < 1.29 is 35.6 Å². The second kappa shape index (κ2) is 9.22. The highest BCUT2D eigenvalue weighted by Crippen LogP contribution is 2.47. The van der Waals surface area contributed by atoms with Crippen molar-refractivity contribution in [2.45, 2.75) is 0 Å². The Labute approximate surface area is 270 Å². The van der Waals surface area contributed by atoms with Gasteiger partial charge in [0.05, 0.1) is 35.6 Å². The van der Waals surface area contributed by atoms with E-state index in [-0.39, 0.29) is 0 Å². The summed E-state index contributed by atoms with van der Waals surface area (Å²) >= 11 is 0. The van der Waals surface area contributed by atoms with Gasteiger partial charge in [-0.1, -0.05) is 157 Å². The van der Waals surface area contributed by atoms with Gasteiger partial charge in [0.1, 0.15) is 0 Å². The van der Waals surface area contributed by atoms with E-state index in [1.165, 1.54) is 0 Å². The van der Waals surface area contributed by atoms with E-state index in [1.807, 2.05) is 0 Å². The van der Waals surface area contributed by atoms with Crippen molar-refractivity contribution >= 4 is 43.1 Å². The largest absolute Gasteiger partial charge is 0.0630 e. The van der Waals surface area contributed by atoms with E-state index >= 15 is 0 Å². The van der Waals surface area contributed by atoms with Gasteiger partial charge < -0.3 is 0 Å². The van der Waals surface area contributed by atoms with Crippen molar-refractivity contribution in [1.29, 1.82) is 0 Å². The third kappa shape index (κ3) is 3.47. The summed E-state index contributed by atoms with van der Waals surface area (Å²) in [5.41, 5.74) is -4.45. The van der Waals surface area contributed by atoms with Gasteiger partial charge in [0, 0.05) is 0 Å². The van der Waals surface area contributed by atoms with E-state index in [0.29, 0.717) is 0 Å². The monoisotopic (exact) mass is 532 g/mol. The number of hydrogen-bond acceptors (Lipinski definition) is 0. The topological polar surface area (TPSA) is 0 Å². The molecule has 0 spiro atoms. The van der Waals surface area contributed by atoms with E-state index < -0.39 is 234 Å². The third-order valence-corrected chi connectivity index (χ3v) is 6.44. The molecule has 0 heterocycles.